The molecule has 0 radical (unpaired) electrons. The van der Waals surface area contributed by atoms with Crippen molar-refractivity contribution in [3.63, 3.8) is 0 Å². The molecule has 12 heteroatoms. The van der Waals surface area contributed by atoms with Gasteiger partial charge in [-0.15, -0.1) is 0 Å². The molecule has 9 nitrogen and oxygen atoms in total. The second-order valence-corrected chi connectivity index (χ2v) is 9.53. The standard InChI is InChI=1S/C22H22F2N6O3S/c23-15-4-3-14(9-16(15)24)26-17(31)10-30-11-25-19-18(21(30)33)34-22(28-19)29-7-5-12(6-8-29)20(32)27-13-1-2-13/h3-4,9,11-13H,1-2,5-8,10H2,(H,26,31)(H,27,32). The largest absolute Gasteiger partial charge is 0.353 e. The summed E-state index contributed by atoms with van der Waals surface area (Å²) in [5, 5.41) is 6.15. The van der Waals surface area contributed by atoms with Crippen molar-refractivity contribution >= 4 is 44.3 Å². The number of halogens is 2. The highest BCUT2D eigenvalue weighted by atomic mass is 32.1. The molecule has 2 N–H and O–H groups in total. The van der Waals surface area contributed by atoms with Gasteiger partial charge in [-0.25, -0.2) is 13.8 Å². The first-order valence-electron chi connectivity index (χ1n) is 11.0. The van der Waals surface area contributed by atoms with E-state index in [0.717, 1.165) is 42.4 Å². The fraction of sp³-hybridized carbons (Fsp3) is 0.409. The number of hydrogen-bond donors (Lipinski definition) is 2. The normalized spacial score (nSPS) is 16.6. The number of nitrogens with one attached hydrogen (secondary N) is 2. The van der Waals surface area contributed by atoms with Crippen molar-refractivity contribution in [2.45, 2.75) is 38.3 Å². The van der Waals surface area contributed by atoms with Crippen LogP contribution in [0.4, 0.5) is 19.6 Å². The summed E-state index contributed by atoms with van der Waals surface area (Å²) in [6, 6.07) is 3.36. The van der Waals surface area contributed by atoms with E-state index in [-0.39, 0.29) is 24.1 Å². The van der Waals surface area contributed by atoms with E-state index >= 15 is 0 Å². The molecule has 178 valence electrons. The van der Waals surface area contributed by atoms with Crippen molar-refractivity contribution in [2.24, 2.45) is 5.92 Å². The molecule has 5 rings (SSSR count). The number of piperidine rings is 1. The molecule has 34 heavy (non-hydrogen) atoms. The Morgan fingerprint density at radius 3 is 2.59 bits per heavy atom. The highest BCUT2D eigenvalue weighted by Gasteiger charge is 2.30. The quantitative estimate of drug-likeness (QED) is 0.551. The Labute approximate surface area is 196 Å². The lowest BCUT2D eigenvalue weighted by Gasteiger charge is -2.30. The SMILES string of the molecule is O=C(Cn1cnc2nc(N3CCC(C(=O)NC4CC4)CC3)sc2c1=O)Nc1ccc(F)c(F)c1. The third kappa shape index (κ3) is 4.76. The first-order chi connectivity index (χ1) is 16.4. The van der Waals surface area contributed by atoms with Crippen molar-refractivity contribution in [1.82, 2.24) is 19.9 Å². The molecule has 0 spiro atoms. The minimum atomic E-state index is -1.08. The van der Waals surface area contributed by atoms with Gasteiger partial charge in [0, 0.05) is 36.8 Å². The zero-order valence-electron chi connectivity index (χ0n) is 18.1. The van der Waals surface area contributed by atoms with Crippen molar-refractivity contribution in [1.29, 1.82) is 0 Å². The minimum Gasteiger partial charge on any atom is -0.353 e. The Morgan fingerprint density at radius 1 is 1.12 bits per heavy atom. The van der Waals surface area contributed by atoms with Gasteiger partial charge in [0.15, 0.2) is 22.4 Å². The van der Waals surface area contributed by atoms with E-state index < -0.39 is 23.1 Å². The summed E-state index contributed by atoms with van der Waals surface area (Å²) in [7, 11) is 0. The van der Waals surface area contributed by atoms with Gasteiger partial charge in [0.1, 0.15) is 17.6 Å². The highest BCUT2D eigenvalue weighted by Crippen LogP contribution is 2.30. The number of amides is 2. The first-order valence-corrected chi connectivity index (χ1v) is 11.9. The van der Waals surface area contributed by atoms with E-state index in [0.29, 0.717) is 34.6 Å². The Bertz CT molecular complexity index is 1310. The van der Waals surface area contributed by atoms with E-state index in [9.17, 15) is 23.2 Å². The number of thiazole rings is 1. The topological polar surface area (TPSA) is 109 Å². The summed E-state index contributed by atoms with van der Waals surface area (Å²) < 4.78 is 27.9. The predicted octanol–water partition coefficient (Wildman–Crippen LogP) is 2.26. The van der Waals surface area contributed by atoms with Gasteiger partial charge >= 0.3 is 0 Å². The fourth-order valence-electron chi connectivity index (χ4n) is 3.89. The highest BCUT2D eigenvalue weighted by molar-refractivity contribution is 7.22. The van der Waals surface area contributed by atoms with Crippen molar-refractivity contribution in [2.75, 3.05) is 23.3 Å². The number of rotatable bonds is 6. The van der Waals surface area contributed by atoms with Crippen LogP contribution in [0.15, 0.2) is 29.3 Å². The Balaban J connectivity index is 1.25. The number of carbonyl (C=O) groups excluding carboxylic acids is 2. The molecular weight excluding hydrogens is 466 g/mol. The second kappa shape index (κ2) is 9.09. The monoisotopic (exact) mass is 488 g/mol. The molecule has 1 aliphatic carbocycles. The van der Waals surface area contributed by atoms with Gasteiger partial charge in [-0.1, -0.05) is 11.3 Å². The Hall–Kier alpha value is -3.41. The third-order valence-electron chi connectivity index (χ3n) is 5.95. The summed E-state index contributed by atoms with van der Waals surface area (Å²) >= 11 is 1.20. The molecular formula is C22H22F2N6O3S. The van der Waals surface area contributed by atoms with Crippen LogP contribution in [0, 0.1) is 17.6 Å². The van der Waals surface area contributed by atoms with Crippen LogP contribution in [-0.2, 0) is 16.1 Å². The van der Waals surface area contributed by atoms with E-state index in [2.05, 4.69) is 20.6 Å². The lowest BCUT2D eigenvalue weighted by Crippen LogP contribution is -2.41. The van der Waals surface area contributed by atoms with Crippen LogP contribution in [-0.4, -0.2) is 45.5 Å². The Kier molecular flexibility index (Phi) is 5.98. The molecule has 2 aromatic heterocycles. The van der Waals surface area contributed by atoms with Crippen LogP contribution in [0.1, 0.15) is 25.7 Å². The summed E-state index contributed by atoms with van der Waals surface area (Å²) in [4.78, 5) is 48.2. The van der Waals surface area contributed by atoms with Crippen LogP contribution in [0.3, 0.4) is 0 Å². The molecule has 2 aliphatic rings. The number of benzene rings is 1. The van der Waals surface area contributed by atoms with Crippen LogP contribution >= 0.6 is 11.3 Å². The van der Waals surface area contributed by atoms with E-state index in [1.165, 1.54) is 23.7 Å². The molecule has 3 heterocycles. The maximum absolute atomic E-state index is 13.3. The number of nitrogens with zero attached hydrogens (tertiary/aromatic N) is 4. The van der Waals surface area contributed by atoms with Gasteiger partial charge < -0.3 is 15.5 Å². The lowest BCUT2D eigenvalue weighted by molar-refractivity contribution is -0.125. The smallest absolute Gasteiger partial charge is 0.273 e. The van der Waals surface area contributed by atoms with Crippen LogP contribution in [0.2, 0.25) is 0 Å². The van der Waals surface area contributed by atoms with Gasteiger partial charge in [0.05, 0.1) is 0 Å². The lowest BCUT2D eigenvalue weighted by atomic mass is 9.96. The Morgan fingerprint density at radius 2 is 1.88 bits per heavy atom. The molecule has 0 bridgehead atoms. The van der Waals surface area contributed by atoms with Gasteiger partial charge in [0.25, 0.3) is 5.56 Å². The summed E-state index contributed by atoms with van der Waals surface area (Å²) in [5.41, 5.74) is -0.0241. The number of aromatic nitrogens is 3. The maximum Gasteiger partial charge on any atom is 0.273 e. The number of hydrogen-bond acceptors (Lipinski definition) is 7. The molecule has 3 aromatic rings. The summed E-state index contributed by atoms with van der Waals surface area (Å²) in [6.45, 7) is 0.982. The molecule has 2 amide bonds. The average molecular weight is 489 g/mol. The molecule has 2 fully saturated rings. The van der Waals surface area contributed by atoms with Crippen molar-refractivity contribution in [3.05, 3.63) is 46.5 Å². The molecule has 1 aliphatic heterocycles. The summed E-state index contributed by atoms with van der Waals surface area (Å²) in [5.74, 6) is -2.56. The van der Waals surface area contributed by atoms with Gasteiger partial charge in [-0.2, -0.15) is 4.98 Å². The third-order valence-corrected chi connectivity index (χ3v) is 7.04. The zero-order chi connectivity index (χ0) is 23.8. The van der Waals surface area contributed by atoms with Crippen molar-refractivity contribution in [3.8, 4) is 0 Å². The second-order valence-electron chi connectivity index (χ2n) is 8.55. The maximum atomic E-state index is 13.3. The number of carbonyl (C=O) groups is 2. The zero-order valence-corrected chi connectivity index (χ0v) is 18.9. The molecule has 1 aromatic carbocycles. The minimum absolute atomic E-state index is 0.00493. The molecule has 0 unspecified atom stereocenters. The van der Waals surface area contributed by atoms with E-state index in [1.54, 1.807) is 0 Å². The summed E-state index contributed by atoms with van der Waals surface area (Å²) in [6.07, 6.45) is 4.81. The molecule has 0 atom stereocenters. The predicted molar refractivity (Wildman–Crippen MR) is 123 cm³/mol. The van der Waals surface area contributed by atoms with Gasteiger partial charge in [-0.3, -0.25) is 19.0 Å². The van der Waals surface area contributed by atoms with E-state index in [4.69, 9.17) is 0 Å². The number of anilines is 2. The first kappa shape index (κ1) is 22.4. The van der Waals surface area contributed by atoms with Crippen LogP contribution < -0.4 is 21.1 Å². The van der Waals surface area contributed by atoms with Crippen LogP contribution in [0.5, 0.6) is 0 Å². The van der Waals surface area contributed by atoms with Gasteiger partial charge in [-0.05, 0) is 37.8 Å². The van der Waals surface area contributed by atoms with E-state index in [1.807, 2.05) is 4.90 Å². The van der Waals surface area contributed by atoms with Gasteiger partial charge in [0.2, 0.25) is 11.8 Å². The fourth-order valence-corrected chi connectivity index (χ4v) is 4.91. The van der Waals surface area contributed by atoms with Crippen LogP contribution in [0.25, 0.3) is 10.3 Å². The average Bonchev–Trinajstić information content (AvgIpc) is 3.52. The molecule has 1 saturated carbocycles. The van der Waals surface area contributed by atoms with Crippen molar-refractivity contribution < 1.29 is 18.4 Å². The number of fused-ring (bicyclic) bond motifs is 1. The molecule has 1 saturated heterocycles.